The lowest BCUT2D eigenvalue weighted by Crippen LogP contribution is -2.42. The summed E-state index contributed by atoms with van der Waals surface area (Å²) in [7, 11) is -3.58. The van der Waals surface area contributed by atoms with E-state index < -0.39 is 10.0 Å². The zero-order chi connectivity index (χ0) is 15.5. The molecule has 1 aromatic carbocycles. The second kappa shape index (κ2) is 6.46. The van der Waals surface area contributed by atoms with Crippen LogP contribution in [0.25, 0.3) is 0 Å². The minimum absolute atomic E-state index is 0.0832. The first-order valence-electron chi connectivity index (χ1n) is 7.16. The van der Waals surface area contributed by atoms with E-state index in [1.54, 1.807) is 24.3 Å². The zero-order valence-corrected chi connectivity index (χ0v) is 13.2. The van der Waals surface area contributed by atoms with Gasteiger partial charge in [0.15, 0.2) is 0 Å². The van der Waals surface area contributed by atoms with Gasteiger partial charge in [0.1, 0.15) is 0 Å². The fourth-order valence-electron chi connectivity index (χ4n) is 2.71. The summed E-state index contributed by atoms with van der Waals surface area (Å²) in [6.07, 6.45) is 9.14. The molecule has 0 N–H and O–H groups in total. The first-order valence-corrected chi connectivity index (χ1v) is 8.60. The van der Waals surface area contributed by atoms with Crippen molar-refractivity contribution in [1.29, 1.82) is 0 Å². The third kappa shape index (κ3) is 3.37. The summed E-state index contributed by atoms with van der Waals surface area (Å²) in [4.78, 5) is 0.293. The van der Waals surface area contributed by atoms with Gasteiger partial charge in [-0.25, -0.2) is 8.42 Å². The van der Waals surface area contributed by atoms with Crippen LogP contribution in [0.15, 0.2) is 41.3 Å². The van der Waals surface area contributed by atoms with Gasteiger partial charge in [-0.3, -0.25) is 0 Å². The molecule has 0 aromatic heterocycles. The molecule has 0 saturated heterocycles. The Morgan fingerprint density at radius 2 is 2.00 bits per heavy atom. The van der Waals surface area contributed by atoms with Crippen molar-refractivity contribution in [2.45, 2.75) is 43.5 Å². The van der Waals surface area contributed by atoms with Crippen molar-refractivity contribution in [1.82, 2.24) is 4.31 Å². The molecular weight excluding hydrogens is 282 g/mol. The number of rotatable bonds is 4. The smallest absolute Gasteiger partial charge is 0.207 e. The highest BCUT2D eigenvalue weighted by atomic mass is 32.2. The van der Waals surface area contributed by atoms with E-state index in [-0.39, 0.29) is 12.6 Å². The molecule has 1 aliphatic carbocycles. The summed E-state index contributed by atoms with van der Waals surface area (Å²) in [6, 6.07) is 6.70. The standard InChI is InChI=1S/C17H21NO2S/c1-4-13-18(17-8-6-5-7-15(17)3)21(19,20)16-11-9-14(2)10-12-16/h1,9-12,17H,3,5-8,13H2,2H3. The third-order valence-corrected chi connectivity index (χ3v) is 5.79. The molecule has 1 unspecified atom stereocenters. The first-order chi connectivity index (χ1) is 9.96. The normalized spacial score (nSPS) is 19.5. The highest BCUT2D eigenvalue weighted by molar-refractivity contribution is 7.89. The summed E-state index contributed by atoms with van der Waals surface area (Å²) in [5.41, 5.74) is 1.99. The summed E-state index contributed by atoms with van der Waals surface area (Å²) < 4.78 is 27.2. The molecule has 3 nitrogen and oxygen atoms in total. The Morgan fingerprint density at radius 1 is 1.33 bits per heavy atom. The average molecular weight is 303 g/mol. The van der Waals surface area contributed by atoms with Crippen molar-refractivity contribution in [2.75, 3.05) is 6.54 Å². The van der Waals surface area contributed by atoms with Gasteiger partial charge in [0, 0.05) is 6.04 Å². The number of hydrogen-bond acceptors (Lipinski definition) is 2. The van der Waals surface area contributed by atoms with Crippen LogP contribution in [-0.4, -0.2) is 25.3 Å². The molecular formula is C17H21NO2S. The minimum Gasteiger partial charge on any atom is -0.207 e. The Balaban J connectivity index is 2.38. The second-order valence-electron chi connectivity index (χ2n) is 5.49. The lowest BCUT2D eigenvalue weighted by atomic mass is 9.91. The number of nitrogens with zero attached hydrogens (tertiary/aromatic N) is 1. The Labute approximate surface area is 127 Å². The Hall–Kier alpha value is -1.57. The van der Waals surface area contributed by atoms with Crippen LogP contribution in [0.2, 0.25) is 0 Å². The van der Waals surface area contributed by atoms with E-state index in [2.05, 4.69) is 12.5 Å². The van der Waals surface area contributed by atoms with Gasteiger partial charge in [-0.2, -0.15) is 4.31 Å². The number of terminal acetylenes is 1. The lowest BCUT2D eigenvalue weighted by Gasteiger charge is -2.33. The van der Waals surface area contributed by atoms with E-state index in [0.29, 0.717) is 4.90 Å². The van der Waals surface area contributed by atoms with Gasteiger partial charge >= 0.3 is 0 Å². The van der Waals surface area contributed by atoms with E-state index in [4.69, 9.17) is 6.42 Å². The Bertz CT molecular complexity index is 653. The van der Waals surface area contributed by atoms with Gasteiger partial charge < -0.3 is 0 Å². The number of hydrogen-bond donors (Lipinski definition) is 0. The van der Waals surface area contributed by atoms with Crippen LogP contribution in [0.1, 0.15) is 31.2 Å². The van der Waals surface area contributed by atoms with Crippen molar-refractivity contribution in [2.24, 2.45) is 0 Å². The monoisotopic (exact) mass is 303 g/mol. The molecule has 1 fully saturated rings. The Morgan fingerprint density at radius 3 is 2.57 bits per heavy atom. The van der Waals surface area contributed by atoms with Crippen LogP contribution in [0.5, 0.6) is 0 Å². The van der Waals surface area contributed by atoms with Gasteiger partial charge in [0.05, 0.1) is 11.4 Å². The molecule has 1 atom stereocenters. The third-order valence-electron chi connectivity index (χ3n) is 3.92. The summed E-state index contributed by atoms with van der Waals surface area (Å²) in [5.74, 6) is 2.48. The van der Waals surface area contributed by atoms with E-state index in [0.717, 1.165) is 36.8 Å². The molecule has 1 aromatic rings. The van der Waals surface area contributed by atoms with Crippen LogP contribution < -0.4 is 0 Å². The molecule has 0 amide bonds. The lowest BCUT2D eigenvalue weighted by molar-refractivity contribution is 0.330. The summed E-state index contributed by atoms with van der Waals surface area (Å²) in [5, 5.41) is 0. The molecule has 1 saturated carbocycles. The van der Waals surface area contributed by atoms with E-state index in [1.165, 1.54) is 4.31 Å². The molecule has 112 valence electrons. The average Bonchev–Trinajstić information content (AvgIpc) is 2.46. The quantitative estimate of drug-likeness (QED) is 0.633. The molecule has 0 aliphatic heterocycles. The fraction of sp³-hybridized carbons (Fsp3) is 0.412. The Kier molecular flexibility index (Phi) is 4.87. The molecule has 4 heteroatoms. The van der Waals surface area contributed by atoms with Crippen LogP contribution >= 0.6 is 0 Å². The summed E-state index contributed by atoms with van der Waals surface area (Å²) >= 11 is 0. The van der Waals surface area contributed by atoms with Crippen molar-refractivity contribution in [3.63, 3.8) is 0 Å². The van der Waals surface area contributed by atoms with Gasteiger partial charge in [-0.15, -0.1) is 6.42 Å². The molecule has 0 spiro atoms. The van der Waals surface area contributed by atoms with Crippen LogP contribution in [0.3, 0.4) is 0 Å². The van der Waals surface area contributed by atoms with Gasteiger partial charge in [-0.05, 0) is 38.3 Å². The van der Waals surface area contributed by atoms with Crippen LogP contribution in [0.4, 0.5) is 0 Å². The topological polar surface area (TPSA) is 37.4 Å². The molecule has 2 rings (SSSR count). The van der Waals surface area contributed by atoms with Crippen LogP contribution in [0, 0.1) is 19.3 Å². The largest absolute Gasteiger partial charge is 0.244 e. The SMILES string of the molecule is C#CCN(C1CCCCC1=C)S(=O)(=O)c1ccc(C)cc1. The van der Waals surface area contributed by atoms with Gasteiger partial charge in [0.2, 0.25) is 10.0 Å². The predicted molar refractivity (Wildman–Crippen MR) is 85.3 cm³/mol. The molecule has 21 heavy (non-hydrogen) atoms. The maximum Gasteiger partial charge on any atom is 0.244 e. The predicted octanol–water partition coefficient (Wildman–Crippen LogP) is 3.12. The minimum atomic E-state index is -3.58. The number of sulfonamides is 1. The van der Waals surface area contributed by atoms with Crippen LogP contribution in [-0.2, 0) is 10.0 Å². The molecule has 1 aliphatic rings. The molecule has 0 bridgehead atoms. The summed E-state index contributed by atoms with van der Waals surface area (Å²) in [6.45, 7) is 6.06. The first kappa shape index (κ1) is 15.8. The van der Waals surface area contributed by atoms with Crippen molar-refractivity contribution < 1.29 is 8.42 Å². The molecule has 0 radical (unpaired) electrons. The van der Waals surface area contributed by atoms with E-state index in [1.807, 2.05) is 6.92 Å². The highest BCUT2D eigenvalue weighted by Crippen LogP contribution is 2.30. The molecule has 0 heterocycles. The van der Waals surface area contributed by atoms with Crippen molar-refractivity contribution >= 4 is 10.0 Å². The van der Waals surface area contributed by atoms with Gasteiger partial charge in [-0.1, -0.05) is 42.2 Å². The maximum atomic E-state index is 12.9. The fourth-order valence-corrected chi connectivity index (χ4v) is 4.29. The van der Waals surface area contributed by atoms with Gasteiger partial charge in [0.25, 0.3) is 0 Å². The zero-order valence-electron chi connectivity index (χ0n) is 12.4. The van der Waals surface area contributed by atoms with Crippen molar-refractivity contribution in [3.05, 3.63) is 42.0 Å². The van der Waals surface area contributed by atoms with E-state index in [9.17, 15) is 8.42 Å². The second-order valence-corrected chi connectivity index (χ2v) is 7.38. The number of aryl methyl sites for hydroxylation is 1. The highest BCUT2D eigenvalue weighted by Gasteiger charge is 2.33. The maximum absolute atomic E-state index is 12.9. The van der Waals surface area contributed by atoms with Crippen molar-refractivity contribution in [3.8, 4) is 12.3 Å². The van der Waals surface area contributed by atoms with E-state index >= 15 is 0 Å². The number of benzene rings is 1.